The van der Waals surface area contributed by atoms with Crippen molar-refractivity contribution in [3.05, 3.63) is 89.5 Å². The molecule has 2 aromatic carbocycles. The van der Waals surface area contributed by atoms with E-state index in [1.165, 1.54) is 42.7 Å². The molecule has 0 saturated heterocycles. The summed E-state index contributed by atoms with van der Waals surface area (Å²) in [5.74, 6) is -0.969. The van der Waals surface area contributed by atoms with Gasteiger partial charge >= 0.3 is 6.18 Å². The second-order valence-electron chi connectivity index (χ2n) is 5.90. The Kier molecular flexibility index (Phi) is 5.58. The number of aromatic nitrogens is 1. The third-order valence-electron chi connectivity index (χ3n) is 3.91. The van der Waals surface area contributed by atoms with Gasteiger partial charge in [-0.3, -0.25) is 9.78 Å². The molecular formula is C20H15F4N3O. The fourth-order valence-electron chi connectivity index (χ4n) is 2.55. The van der Waals surface area contributed by atoms with Gasteiger partial charge in [-0.05, 0) is 24.3 Å². The number of para-hydroxylation sites is 1. The van der Waals surface area contributed by atoms with Crippen LogP contribution in [-0.4, -0.2) is 10.9 Å². The minimum Gasteiger partial charge on any atom is -0.354 e. The maximum Gasteiger partial charge on any atom is 0.418 e. The maximum atomic E-state index is 13.6. The number of carbonyl (C=O) groups is 1. The number of carbonyl (C=O) groups excluding carboxylic acids is 1. The fraction of sp³-hybridized carbons (Fsp3) is 0.100. The molecular weight excluding hydrogens is 374 g/mol. The van der Waals surface area contributed by atoms with Crippen molar-refractivity contribution < 1.29 is 22.4 Å². The molecule has 3 aromatic rings. The van der Waals surface area contributed by atoms with Crippen LogP contribution in [0.25, 0.3) is 0 Å². The van der Waals surface area contributed by atoms with Gasteiger partial charge in [-0.1, -0.05) is 30.3 Å². The van der Waals surface area contributed by atoms with E-state index >= 15 is 0 Å². The maximum absolute atomic E-state index is 13.6. The summed E-state index contributed by atoms with van der Waals surface area (Å²) in [7, 11) is 0. The van der Waals surface area contributed by atoms with Crippen LogP contribution >= 0.6 is 0 Å². The van der Waals surface area contributed by atoms with Gasteiger partial charge in [0.2, 0.25) is 0 Å². The molecule has 4 nitrogen and oxygen atoms in total. The van der Waals surface area contributed by atoms with Crippen molar-refractivity contribution >= 4 is 17.3 Å². The number of alkyl halides is 3. The lowest BCUT2D eigenvalue weighted by Gasteiger charge is -2.14. The summed E-state index contributed by atoms with van der Waals surface area (Å²) in [6.07, 6.45) is -1.94. The molecule has 0 aliphatic carbocycles. The van der Waals surface area contributed by atoms with Gasteiger partial charge in [-0.15, -0.1) is 0 Å². The molecule has 28 heavy (non-hydrogen) atoms. The van der Waals surface area contributed by atoms with Crippen molar-refractivity contribution in [1.82, 2.24) is 10.3 Å². The molecule has 0 fully saturated rings. The number of nitrogens with one attached hydrogen (secondary N) is 2. The van der Waals surface area contributed by atoms with Crippen molar-refractivity contribution in [3.63, 3.8) is 0 Å². The van der Waals surface area contributed by atoms with E-state index in [9.17, 15) is 22.4 Å². The second-order valence-corrected chi connectivity index (χ2v) is 5.90. The van der Waals surface area contributed by atoms with Crippen LogP contribution in [0.5, 0.6) is 0 Å². The summed E-state index contributed by atoms with van der Waals surface area (Å²) in [6.45, 7) is -0.0277. The van der Waals surface area contributed by atoms with Gasteiger partial charge in [0.05, 0.1) is 28.7 Å². The largest absolute Gasteiger partial charge is 0.418 e. The monoisotopic (exact) mass is 389 g/mol. The number of hydrogen-bond acceptors (Lipinski definition) is 3. The zero-order chi connectivity index (χ0) is 20.1. The van der Waals surface area contributed by atoms with Crippen molar-refractivity contribution in [2.45, 2.75) is 12.7 Å². The van der Waals surface area contributed by atoms with E-state index in [0.717, 1.165) is 6.07 Å². The second kappa shape index (κ2) is 8.08. The highest BCUT2D eigenvalue weighted by Crippen LogP contribution is 2.35. The number of benzene rings is 2. The molecule has 8 heteroatoms. The highest BCUT2D eigenvalue weighted by Gasteiger charge is 2.33. The molecule has 0 saturated carbocycles. The number of halogens is 4. The Morgan fingerprint density at radius 2 is 1.71 bits per heavy atom. The zero-order valence-corrected chi connectivity index (χ0v) is 14.4. The van der Waals surface area contributed by atoms with E-state index in [1.54, 1.807) is 18.2 Å². The van der Waals surface area contributed by atoms with Gasteiger partial charge in [0.1, 0.15) is 5.82 Å². The van der Waals surface area contributed by atoms with Crippen molar-refractivity contribution in [2.24, 2.45) is 0 Å². The minimum atomic E-state index is -4.52. The van der Waals surface area contributed by atoms with E-state index in [1.807, 2.05) is 0 Å². The Hall–Kier alpha value is -3.42. The van der Waals surface area contributed by atoms with Crippen LogP contribution in [-0.2, 0) is 12.7 Å². The third kappa shape index (κ3) is 4.64. The summed E-state index contributed by atoms with van der Waals surface area (Å²) in [5, 5.41) is 5.19. The molecule has 0 aliphatic rings. The number of rotatable bonds is 5. The Labute approximate surface area is 158 Å². The van der Waals surface area contributed by atoms with Gasteiger partial charge in [0, 0.05) is 18.3 Å². The SMILES string of the molecule is O=C(NCc1ccccc1F)c1cncc(Nc2ccccc2C(F)(F)F)c1. The fourth-order valence-corrected chi connectivity index (χ4v) is 2.55. The van der Waals surface area contributed by atoms with Crippen LogP contribution in [0.1, 0.15) is 21.5 Å². The number of nitrogens with zero attached hydrogens (tertiary/aromatic N) is 1. The van der Waals surface area contributed by atoms with Crippen LogP contribution in [0.2, 0.25) is 0 Å². The molecule has 0 unspecified atom stereocenters. The van der Waals surface area contributed by atoms with Gasteiger partial charge < -0.3 is 10.6 Å². The van der Waals surface area contributed by atoms with Crippen LogP contribution in [0.3, 0.4) is 0 Å². The molecule has 0 atom stereocenters. The molecule has 1 aromatic heterocycles. The lowest BCUT2D eigenvalue weighted by atomic mass is 10.1. The van der Waals surface area contributed by atoms with E-state index in [0.29, 0.717) is 5.56 Å². The normalized spacial score (nSPS) is 11.1. The molecule has 1 amide bonds. The van der Waals surface area contributed by atoms with E-state index in [2.05, 4.69) is 15.6 Å². The van der Waals surface area contributed by atoms with Crippen LogP contribution in [0, 0.1) is 5.82 Å². The quantitative estimate of drug-likeness (QED) is 0.610. The summed E-state index contributed by atoms with van der Waals surface area (Å²) >= 11 is 0. The van der Waals surface area contributed by atoms with Gasteiger partial charge in [-0.2, -0.15) is 13.2 Å². The van der Waals surface area contributed by atoms with Crippen LogP contribution in [0.15, 0.2) is 67.0 Å². The highest BCUT2D eigenvalue weighted by molar-refractivity contribution is 5.94. The van der Waals surface area contributed by atoms with Gasteiger partial charge in [-0.25, -0.2) is 4.39 Å². The van der Waals surface area contributed by atoms with E-state index < -0.39 is 23.5 Å². The molecule has 0 bridgehead atoms. The first-order valence-corrected chi connectivity index (χ1v) is 8.24. The first-order chi connectivity index (χ1) is 13.3. The predicted octanol–water partition coefficient (Wildman–Crippen LogP) is 4.91. The van der Waals surface area contributed by atoms with Crippen molar-refractivity contribution in [2.75, 3.05) is 5.32 Å². The minimum absolute atomic E-state index is 0.0277. The summed E-state index contributed by atoms with van der Waals surface area (Å²) < 4.78 is 52.9. The van der Waals surface area contributed by atoms with Crippen LogP contribution < -0.4 is 10.6 Å². The lowest BCUT2D eigenvalue weighted by Crippen LogP contribution is -2.23. The average molecular weight is 389 g/mol. The predicted molar refractivity (Wildman–Crippen MR) is 96.5 cm³/mol. The first kappa shape index (κ1) is 19.3. The average Bonchev–Trinajstić information content (AvgIpc) is 2.67. The molecule has 0 aliphatic heterocycles. The number of pyridine rings is 1. The molecule has 0 spiro atoms. The Morgan fingerprint density at radius 1 is 1.00 bits per heavy atom. The highest BCUT2D eigenvalue weighted by atomic mass is 19.4. The van der Waals surface area contributed by atoms with Gasteiger partial charge in [0.15, 0.2) is 0 Å². The topological polar surface area (TPSA) is 54.0 Å². The van der Waals surface area contributed by atoms with E-state index in [-0.39, 0.29) is 23.5 Å². The number of hydrogen-bond donors (Lipinski definition) is 2. The third-order valence-corrected chi connectivity index (χ3v) is 3.91. The molecule has 1 heterocycles. The number of amides is 1. The van der Waals surface area contributed by atoms with E-state index in [4.69, 9.17) is 0 Å². The molecule has 2 N–H and O–H groups in total. The van der Waals surface area contributed by atoms with Crippen molar-refractivity contribution in [3.8, 4) is 0 Å². The first-order valence-electron chi connectivity index (χ1n) is 8.24. The molecule has 144 valence electrons. The summed E-state index contributed by atoms with van der Waals surface area (Å²) in [5.41, 5.74) is -0.316. The van der Waals surface area contributed by atoms with Crippen LogP contribution in [0.4, 0.5) is 28.9 Å². The molecule has 0 radical (unpaired) electrons. The Bertz CT molecular complexity index is 989. The number of anilines is 2. The van der Waals surface area contributed by atoms with Crippen molar-refractivity contribution in [1.29, 1.82) is 0 Å². The summed E-state index contributed by atoms with van der Waals surface area (Å²) in [4.78, 5) is 16.2. The lowest BCUT2D eigenvalue weighted by molar-refractivity contribution is -0.136. The smallest absolute Gasteiger partial charge is 0.354 e. The Morgan fingerprint density at radius 3 is 2.46 bits per heavy atom. The molecule has 3 rings (SSSR count). The Balaban J connectivity index is 1.74. The zero-order valence-electron chi connectivity index (χ0n) is 14.4. The standard InChI is InChI=1S/C20H15F4N3O/c21-17-7-3-1-5-13(17)11-26-19(28)14-9-15(12-25-10-14)27-18-8-4-2-6-16(18)20(22,23)24/h1-10,12,27H,11H2,(H,26,28). The van der Waals surface area contributed by atoms with Gasteiger partial charge in [0.25, 0.3) is 5.91 Å². The summed E-state index contributed by atoms with van der Waals surface area (Å²) in [6, 6.07) is 12.4.